The van der Waals surface area contributed by atoms with E-state index in [-0.39, 0.29) is 30.9 Å². The van der Waals surface area contributed by atoms with Crippen LogP contribution in [0, 0.1) is 5.92 Å². The molecule has 0 unspecified atom stereocenters. The average Bonchev–Trinajstić information content (AvgIpc) is 2.56. The number of carbonyl (C=O) groups excluding carboxylic acids is 3. The Kier molecular flexibility index (Phi) is 6.80. The highest BCUT2D eigenvalue weighted by molar-refractivity contribution is 5.97. The highest BCUT2D eigenvalue weighted by Crippen LogP contribution is 2.23. The van der Waals surface area contributed by atoms with Gasteiger partial charge in [-0.3, -0.25) is 9.59 Å². The summed E-state index contributed by atoms with van der Waals surface area (Å²) in [5.41, 5.74) is 5.99. The molecule has 0 aliphatic heterocycles. The molecular formula is C18H26N4O3. The summed E-state index contributed by atoms with van der Waals surface area (Å²) in [5, 5.41) is 8.40. The van der Waals surface area contributed by atoms with Gasteiger partial charge < -0.3 is 21.7 Å². The lowest BCUT2D eigenvalue weighted by molar-refractivity contribution is -0.117. The minimum atomic E-state index is -0.468. The SMILES string of the molecule is C[C@H]1CCCC[C@@H]1NC(=O)Nc1cccc(C(=O)NCCC(N)=O)c1. The van der Waals surface area contributed by atoms with E-state index >= 15 is 0 Å². The number of primary amides is 1. The first-order valence-electron chi connectivity index (χ1n) is 8.70. The largest absolute Gasteiger partial charge is 0.370 e. The van der Waals surface area contributed by atoms with Gasteiger partial charge in [-0.15, -0.1) is 0 Å². The molecule has 0 bridgehead atoms. The van der Waals surface area contributed by atoms with Gasteiger partial charge in [0, 0.05) is 30.3 Å². The Morgan fingerprint density at radius 1 is 1.20 bits per heavy atom. The second kappa shape index (κ2) is 9.05. The average molecular weight is 346 g/mol. The molecule has 7 heteroatoms. The van der Waals surface area contributed by atoms with Crippen molar-refractivity contribution < 1.29 is 14.4 Å². The zero-order valence-corrected chi connectivity index (χ0v) is 14.5. The number of hydrogen-bond donors (Lipinski definition) is 4. The first kappa shape index (κ1) is 18.8. The van der Waals surface area contributed by atoms with E-state index in [1.807, 2.05) is 0 Å². The predicted molar refractivity (Wildman–Crippen MR) is 96.2 cm³/mol. The maximum Gasteiger partial charge on any atom is 0.319 e. The molecule has 5 N–H and O–H groups in total. The third-order valence-electron chi connectivity index (χ3n) is 4.47. The fourth-order valence-corrected chi connectivity index (χ4v) is 3.01. The summed E-state index contributed by atoms with van der Waals surface area (Å²) in [5.74, 6) is -0.308. The maximum absolute atomic E-state index is 12.2. The molecule has 1 saturated carbocycles. The molecule has 0 spiro atoms. The van der Waals surface area contributed by atoms with Gasteiger partial charge in [-0.25, -0.2) is 4.79 Å². The van der Waals surface area contributed by atoms with Crippen LogP contribution in [0.4, 0.5) is 10.5 Å². The molecule has 0 heterocycles. The van der Waals surface area contributed by atoms with Crippen LogP contribution in [0.15, 0.2) is 24.3 Å². The van der Waals surface area contributed by atoms with Gasteiger partial charge in [0.25, 0.3) is 5.91 Å². The Bertz CT molecular complexity index is 633. The number of hydrogen-bond acceptors (Lipinski definition) is 3. The lowest BCUT2D eigenvalue weighted by atomic mass is 9.86. The van der Waals surface area contributed by atoms with Crippen molar-refractivity contribution in [2.45, 2.75) is 45.1 Å². The number of amides is 4. The highest BCUT2D eigenvalue weighted by atomic mass is 16.2. The van der Waals surface area contributed by atoms with Crippen molar-refractivity contribution in [2.24, 2.45) is 11.7 Å². The van der Waals surface area contributed by atoms with Gasteiger partial charge in [0.1, 0.15) is 0 Å². The Morgan fingerprint density at radius 3 is 2.68 bits per heavy atom. The van der Waals surface area contributed by atoms with Crippen molar-refractivity contribution >= 4 is 23.5 Å². The maximum atomic E-state index is 12.2. The molecule has 4 amide bonds. The van der Waals surface area contributed by atoms with Crippen molar-refractivity contribution in [2.75, 3.05) is 11.9 Å². The molecule has 0 radical (unpaired) electrons. The third-order valence-corrected chi connectivity index (χ3v) is 4.47. The van der Waals surface area contributed by atoms with Crippen LogP contribution in [0.5, 0.6) is 0 Å². The Morgan fingerprint density at radius 2 is 1.96 bits per heavy atom. The van der Waals surface area contributed by atoms with Crippen LogP contribution in [-0.2, 0) is 4.79 Å². The first-order chi connectivity index (χ1) is 12.0. The monoisotopic (exact) mass is 346 g/mol. The highest BCUT2D eigenvalue weighted by Gasteiger charge is 2.22. The van der Waals surface area contributed by atoms with Crippen LogP contribution in [0.3, 0.4) is 0 Å². The number of nitrogens with one attached hydrogen (secondary N) is 3. The van der Waals surface area contributed by atoms with Crippen LogP contribution in [0.25, 0.3) is 0 Å². The van der Waals surface area contributed by atoms with Crippen LogP contribution >= 0.6 is 0 Å². The molecule has 7 nitrogen and oxygen atoms in total. The fourth-order valence-electron chi connectivity index (χ4n) is 3.01. The fraction of sp³-hybridized carbons (Fsp3) is 0.500. The zero-order valence-electron chi connectivity index (χ0n) is 14.5. The number of nitrogens with two attached hydrogens (primary N) is 1. The first-order valence-corrected chi connectivity index (χ1v) is 8.70. The van der Waals surface area contributed by atoms with E-state index in [1.54, 1.807) is 24.3 Å². The van der Waals surface area contributed by atoms with Crippen molar-refractivity contribution in [3.63, 3.8) is 0 Å². The van der Waals surface area contributed by atoms with Crippen LogP contribution in [0.2, 0.25) is 0 Å². The number of benzene rings is 1. The smallest absolute Gasteiger partial charge is 0.319 e. The molecular weight excluding hydrogens is 320 g/mol. The summed E-state index contributed by atoms with van der Waals surface area (Å²) in [4.78, 5) is 34.9. The summed E-state index contributed by atoms with van der Waals surface area (Å²) in [7, 11) is 0. The molecule has 2 atom stereocenters. The van der Waals surface area contributed by atoms with E-state index in [0.29, 0.717) is 17.2 Å². The van der Waals surface area contributed by atoms with Crippen LogP contribution in [-0.4, -0.2) is 30.4 Å². The zero-order chi connectivity index (χ0) is 18.2. The standard InChI is InChI=1S/C18H26N4O3/c1-12-5-2-3-8-15(12)22-18(25)21-14-7-4-6-13(11-14)17(24)20-10-9-16(19)23/h4,6-7,11-12,15H,2-3,5,8-10H2,1H3,(H2,19,23)(H,20,24)(H2,21,22,25)/t12-,15-/m0/s1. The molecule has 25 heavy (non-hydrogen) atoms. The Balaban J connectivity index is 1.88. The Hall–Kier alpha value is -2.57. The van der Waals surface area contributed by atoms with Gasteiger partial charge in [-0.2, -0.15) is 0 Å². The number of urea groups is 1. The Labute approximate surface area is 147 Å². The quantitative estimate of drug-likeness (QED) is 0.631. The molecule has 0 saturated heterocycles. The van der Waals surface area contributed by atoms with E-state index in [2.05, 4.69) is 22.9 Å². The third kappa shape index (κ3) is 6.10. The van der Waals surface area contributed by atoms with Gasteiger partial charge >= 0.3 is 6.03 Å². The summed E-state index contributed by atoms with van der Waals surface area (Å²) in [6, 6.07) is 6.60. The van der Waals surface area contributed by atoms with E-state index in [9.17, 15) is 14.4 Å². The van der Waals surface area contributed by atoms with Crippen molar-refractivity contribution in [1.82, 2.24) is 10.6 Å². The summed E-state index contributed by atoms with van der Waals surface area (Å²) in [6.07, 6.45) is 4.57. The van der Waals surface area contributed by atoms with Crippen molar-refractivity contribution in [3.05, 3.63) is 29.8 Å². The lowest BCUT2D eigenvalue weighted by Crippen LogP contribution is -2.43. The molecule has 1 aliphatic rings. The number of carbonyl (C=O) groups is 3. The van der Waals surface area contributed by atoms with E-state index < -0.39 is 5.91 Å². The van der Waals surface area contributed by atoms with E-state index in [4.69, 9.17) is 5.73 Å². The minimum Gasteiger partial charge on any atom is -0.370 e. The van der Waals surface area contributed by atoms with E-state index in [0.717, 1.165) is 19.3 Å². The summed E-state index contributed by atoms with van der Waals surface area (Å²) in [6.45, 7) is 2.34. The molecule has 0 aromatic heterocycles. The van der Waals surface area contributed by atoms with Crippen LogP contribution in [0.1, 0.15) is 49.4 Å². The molecule has 2 rings (SSSR count). The van der Waals surface area contributed by atoms with Crippen molar-refractivity contribution in [1.29, 1.82) is 0 Å². The van der Waals surface area contributed by atoms with Gasteiger partial charge in [-0.1, -0.05) is 25.8 Å². The van der Waals surface area contributed by atoms with Crippen molar-refractivity contribution in [3.8, 4) is 0 Å². The van der Waals surface area contributed by atoms with Gasteiger partial charge in [-0.05, 0) is 37.0 Å². The molecule has 1 fully saturated rings. The summed E-state index contributed by atoms with van der Waals surface area (Å²) >= 11 is 0. The second-order valence-electron chi connectivity index (χ2n) is 6.52. The second-order valence-corrected chi connectivity index (χ2v) is 6.52. The minimum absolute atomic E-state index is 0.0889. The topological polar surface area (TPSA) is 113 Å². The predicted octanol–water partition coefficient (Wildman–Crippen LogP) is 1.99. The lowest BCUT2D eigenvalue weighted by Gasteiger charge is -2.29. The molecule has 136 valence electrons. The number of rotatable bonds is 6. The summed E-state index contributed by atoms with van der Waals surface area (Å²) < 4.78 is 0. The normalized spacial score (nSPS) is 19.7. The van der Waals surface area contributed by atoms with Gasteiger partial charge in [0.15, 0.2) is 0 Å². The molecule has 1 aliphatic carbocycles. The van der Waals surface area contributed by atoms with Gasteiger partial charge in [0.05, 0.1) is 0 Å². The van der Waals surface area contributed by atoms with Gasteiger partial charge in [0.2, 0.25) is 5.91 Å². The molecule has 1 aromatic carbocycles. The van der Waals surface area contributed by atoms with Crippen LogP contribution < -0.4 is 21.7 Å². The number of anilines is 1. The van der Waals surface area contributed by atoms with E-state index in [1.165, 1.54) is 6.42 Å². The molecule has 1 aromatic rings.